The highest BCUT2D eigenvalue weighted by Crippen LogP contribution is 2.30. The van der Waals surface area contributed by atoms with E-state index < -0.39 is 0 Å². The van der Waals surface area contributed by atoms with Gasteiger partial charge in [-0.3, -0.25) is 4.90 Å². The van der Waals surface area contributed by atoms with E-state index in [9.17, 15) is 0 Å². The van der Waals surface area contributed by atoms with Crippen LogP contribution in [-0.2, 0) is 4.74 Å². The molecule has 0 radical (unpaired) electrons. The first-order chi connectivity index (χ1) is 6.61. The van der Waals surface area contributed by atoms with Crippen molar-refractivity contribution in [1.82, 2.24) is 4.90 Å². The normalized spacial score (nSPS) is 24.9. The molecule has 14 heavy (non-hydrogen) atoms. The summed E-state index contributed by atoms with van der Waals surface area (Å²) in [5.41, 5.74) is 6.15. The summed E-state index contributed by atoms with van der Waals surface area (Å²) < 4.78 is 5.17. The highest BCUT2D eigenvalue weighted by molar-refractivity contribution is 4.84. The van der Waals surface area contributed by atoms with E-state index in [-0.39, 0.29) is 0 Å². The average Bonchev–Trinajstić information content (AvgIpc) is 2.19. The van der Waals surface area contributed by atoms with Gasteiger partial charge in [0.2, 0.25) is 0 Å². The van der Waals surface area contributed by atoms with Gasteiger partial charge in [-0.15, -0.1) is 0 Å². The molecule has 1 atom stereocenters. The molecule has 1 rings (SSSR count). The molecule has 0 aromatic carbocycles. The Morgan fingerprint density at radius 2 is 2.00 bits per heavy atom. The fourth-order valence-corrected chi connectivity index (χ4v) is 2.06. The van der Waals surface area contributed by atoms with E-state index >= 15 is 0 Å². The lowest BCUT2D eigenvalue weighted by molar-refractivity contribution is 0.0516. The van der Waals surface area contributed by atoms with Gasteiger partial charge in [-0.25, -0.2) is 0 Å². The van der Waals surface area contributed by atoms with Crippen molar-refractivity contribution in [2.75, 3.05) is 33.4 Å². The smallest absolute Gasteiger partial charge is 0.0615 e. The highest BCUT2D eigenvalue weighted by atomic mass is 16.5. The zero-order valence-corrected chi connectivity index (χ0v) is 9.75. The van der Waals surface area contributed by atoms with Crippen LogP contribution in [0.4, 0.5) is 0 Å². The molecule has 0 spiro atoms. The Hall–Kier alpha value is -0.120. The standard InChI is InChI=1S/C11H24N2O/c1-10(8-14-3)13-6-4-11(2,9-12)5-7-13/h10H,4-9,12H2,1-3H3. The minimum atomic E-state index is 0.378. The van der Waals surface area contributed by atoms with E-state index in [4.69, 9.17) is 10.5 Å². The zero-order chi connectivity index (χ0) is 10.6. The predicted octanol–water partition coefficient (Wildman–Crippen LogP) is 1.08. The van der Waals surface area contributed by atoms with E-state index in [0.29, 0.717) is 11.5 Å². The van der Waals surface area contributed by atoms with E-state index in [1.807, 2.05) is 0 Å². The molecule has 2 N–H and O–H groups in total. The molecule has 0 saturated carbocycles. The quantitative estimate of drug-likeness (QED) is 0.738. The number of nitrogens with zero attached hydrogens (tertiary/aromatic N) is 1. The lowest BCUT2D eigenvalue weighted by Gasteiger charge is -2.41. The van der Waals surface area contributed by atoms with Crippen molar-refractivity contribution < 1.29 is 4.74 Å². The molecule has 0 aliphatic carbocycles. The van der Waals surface area contributed by atoms with E-state index in [1.54, 1.807) is 7.11 Å². The number of methoxy groups -OCH3 is 1. The summed E-state index contributed by atoms with van der Waals surface area (Å²) >= 11 is 0. The Bertz CT molecular complexity index is 165. The molecule has 1 aliphatic heterocycles. The Kier molecular flexibility index (Phi) is 4.35. The summed E-state index contributed by atoms with van der Waals surface area (Å²) in [6.45, 7) is 8.51. The molecular formula is C11H24N2O. The van der Waals surface area contributed by atoms with Crippen LogP contribution in [-0.4, -0.2) is 44.3 Å². The monoisotopic (exact) mass is 200 g/mol. The maximum atomic E-state index is 5.77. The van der Waals surface area contributed by atoms with Crippen LogP contribution in [0.1, 0.15) is 26.7 Å². The summed E-state index contributed by atoms with van der Waals surface area (Å²) in [7, 11) is 1.77. The van der Waals surface area contributed by atoms with Crippen LogP contribution in [0.3, 0.4) is 0 Å². The van der Waals surface area contributed by atoms with Gasteiger partial charge in [-0.05, 0) is 44.8 Å². The molecule has 3 nitrogen and oxygen atoms in total. The summed E-state index contributed by atoms with van der Waals surface area (Å²) in [6, 6.07) is 0.544. The van der Waals surface area contributed by atoms with Crippen molar-refractivity contribution in [2.24, 2.45) is 11.1 Å². The van der Waals surface area contributed by atoms with Crippen LogP contribution in [0.5, 0.6) is 0 Å². The third-order valence-electron chi connectivity index (χ3n) is 3.53. The van der Waals surface area contributed by atoms with Gasteiger partial charge in [-0.2, -0.15) is 0 Å². The van der Waals surface area contributed by atoms with Crippen molar-refractivity contribution in [2.45, 2.75) is 32.7 Å². The first-order valence-corrected chi connectivity index (χ1v) is 5.54. The third kappa shape index (κ3) is 2.94. The van der Waals surface area contributed by atoms with Crippen molar-refractivity contribution in [3.63, 3.8) is 0 Å². The number of piperidine rings is 1. The van der Waals surface area contributed by atoms with Crippen LogP contribution in [0.2, 0.25) is 0 Å². The number of hydrogen-bond acceptors (Lipinski definition) is 3. The Balaban J connectivity index is 2.35. The molecule has 0 aromatic rings. The molecule has 84 valence electrons. The van der Waals surface area contributed by atoms with Crippen LogP contribution in [0.15, 0.2) is 0 Å². The molecule has 0 amide bonds. The summed E-state index contributed by atoms with van der Waals surface area (Å²) in [4.78, 5) is 2.50. The molecule has 0 bridgehead atoms. The van der Waals surface area contributed by atoms with Crippen molar-refractivity contribution in [3.05, 3.63) is 0 Å². The molecule has 1 aliphatic rings. The van der Waals surface area contributed by atoms with Gasteiger partial charge in [0.25, 0.3) is 0 Å². The lowest BCUT2D eigenvalue weighted by atomic mass is 9.80. The molecule has 3 heteroatoms. The second-order valence-corrected chi connectivity index (χ2v) is 4.86. The number of hydrogen-bond donors (Lipinski definition) is 1. The number of rotatable bonds is 4. The fraction of sp³-hybridized carbons (Fsp3) is 1.00. The summed E-state index contributed by atoms with van der Waals surface area (Å²) in [6.07, 6.45) is 2.44. The predicted molar refractivity (Wildman–Crippen MR) is 59.3 cm³/mol. The average molecular weight is 200 g/mol. The molecule has 1 heterocycles. The van der Waals surface area contributed by atoms with Crippen molar-refractivity contribution in [3.8, 4) is 0 Å². The maximum Gasteiger partial charge on any atom is 0.0615 e. The first kappa shape index (κ1) is 12.0. The van der Waals surface area contributed by atoms with Gasteiger partial charge in [-0.1, -0.05) is 6.92 Å². The lowest BCUT2D eigenvalue weighted by Crippen LogP contribution is -2.46. The SMILES string of the molecule is COCC(C)N1CCC(C)(CN)CC1. The largest absolute Gasteiger partial charge is 0.383 e. The third-order valence-corrected chi connectivity index (χ3v) is 3.53. The fourth-order valence-electron chi connectivity index (χ4n) is 2.06. The minimum Gasteiger partial charge on any atom is -0.383 e. The van der Waals surface area contributed by atoms with Gasteiger partial charge in [0.05, 0.1) is 6.61 Å². The van der Waals surface area contributed by atoms with Crippen LogP contribution >= 0.6 is 0 Å². The van der Waals surface area contributed by atoms with Crippen molar-refractivity contribution in [1.29, 1.82) is 0 Å². The van der Waals surface area contributed by atoms with E-state index in [1.165, 1.54) is 12.8 Å². The van der Waals surface area contributed by atoms with Crippen LogP contribution < -0.4 is 5.73 Å². The molecule has 1 unspecified atom stereocenters. The summed E-state index contributed by atoms with van der Waals surface area (Å²) in [5, 5.41) is 0. The van der Waals surface area contributed by atoms with Gasteiger partial charge in [0.15, 0.2) is 0 Å². The van der Waals surface area contributed by atoms with Gasteiger partial charge < -0.3 is 10.5 Å². The summed E-state index contributed by atoms with van der Waals surface area (Å²) in [5.74, 6) is 0. The molecule has 0 aromatic heterocycles. The second kappa shape index (κ2) is 5.10. The van der Waals surface area contributed by atoms with Gasteiger partial charge in [0.1, 0.15) is 0 Å². The molecular weight excluding hydrogens is 176 g/mol. The van der Waals surface area contributed by atoms with E-state index in [0.717, 1.165) is 26.2 Å². The van der Waals surface area contributed by atoms with Gasteiger partial charge >= 0.3 is 0 Å². The van der Waals surface area contributed by atoms with Crippen LogP contribution in [0.25, 0.3) is 0 Å². The van der Waals surface area contributed by atoms with E-state index in [2.05, 4.69) is 18.7 Å². The molecule has 1 saturated heterocycles. The first-order valence-electron chi connectivity index (χ1n) is 5.54. The number of nitrogens with two attached hydrogens (primary N) is 1. The number of likely N-dealkylation sites (tertiary alicyclic amines) is 1. The highest BCUT2D eigenvalue weighted by Gasteiger charge is 2.30. The Labute approximate surface area is 87.6 Å². The topological polar surface area (TPSA) is 38.5 Å². The Morgan fingerprint density at radius 3 is 2.43 bits per heavy atom. The second-order valence-electron chi connectivity index (χ2n) is 4.86. The minimum absolute atomic E-state index is 0.378. The Morgan fingerprint density at radius 1 is 1.43 bits per heavy atom. The van der Waals surface area contributed by atoms with Crippen LogP contribution in [0, 0.1) is 5.41 Å². The zero-order valence-electron chi connectivity index (χ0n) is 9.75. The maximum absolute atomic E-state index is 5.77. The van der Waals surface area contributed by atoms with Crippen molar-refractivity contribution >= 4 is 0 Å². The molecule has 1 fully saturated rings. The number of ether oxygens (including phenoxy) is 1. The van der Waals surface area contributed by atoms with Gasteiger partial charge in [0, 0.05) is 13.2 Å².